The summed E-state index contributed by atoms with van der Waals surface area (Å²) in [5, 5.41) is 3.53. The van der Waals surface area contributed by atoms with Crippen molar-refractivity contribution in [1.29, 1.82) is 0 Å². The van der Waals surface area contributed by atoms with Crippen molar-refractivity contribution in [3.05, 3.63) is 29.8 Å². The first-order valence-corrected chi connectivity index (χ1v) is 9.88. The van der Waals surface area contributed by atoms with Crippen LogP contribution < -0.4 is 10.0 Å². The SMILES string of the molecule is CNS(=O)(=O)c1ccccc1CNC1CCN(CC(C)C)CC1. The van der Waals surface area contributed by atoms with Crippen LogP contribution in [0, 0.1) is 5.92 Å². The summed E-state index contributed by atoms with van der Waals surface area (Å²) in [6.07, 6.45) is 2.24. The van der Waals surface area contributed by atoms with E-state index in [9.17, 15) is 8.42 Å². The summed E-state index contributed by atoms with van der Waals surface area (Å²) in [5.41, 5.74) is 0.825. The lowest BCUT2D eigenvalue weighted by Crippen LogP contribution is -2.43. The number of hydrogen-bond acceptors (Lipinski definition) is 4. The number of sulfonamides is 1. The largest absolute Gasteiger partial charge is 0.310 e. The molecule has 0 spiro atoms. The summed E-state index contributed by atoms with van der Waals surface area (Å²) in [5.74, 6) is 0.707. The minimum Gasteiger partial charge on any atom is -0.310 e. The number of likely N-dealkylation sites (tertiary alicyclic amines) is 1. The maximum atomic E-state index is 12.1. The lowest BCUT2D eigenvalue weighted by molar-refractivity contribution is 0.179. The maximum absolute atomic E-state index is 12.1. The van der Waals surface area contributed by atoms with Crippen molar-refractivity contribution < 1.29 is 8.42 Å². The van der Waals surface area contributed by atoms with Gasteiger partial charge < -0.3 is 10.2 Å². The van der Waals surface area contributed by atoms with Crippen LogP contribution in [0.3, 0.4) is 0 Å². The monoisotopic (exact) mass is 339 g/mol. The van der Waals surface area contributed by atoms with Crippen LogP contribution in [-0.2, 0) is 16.6 Å². The zero-order valence-corrected chi connectivity index (χ0v) is 15.2. The van der Waals surface area contributed by atoms with Crippen LogP contribution in [0.4, 0.5) is 0 Å². The number of benzene rings is 1. The molecule has 0 atom stereocenters. The Morgan fingerprint density at radius 3 is 2.48 bits per heavy atom. The molecule has 5 nitrogen and oxygen atoms in total. The first-order chi connectivity index (χ1) is 10.9. The molecule has 1 aromatic rings. The quantitative estimate of drug-likeness (QED) is 0.795. The Hall–Kier alpha value is -0.950. The van der Waals surface area contributed by atoms with Gasteiger partial charge in [0, 0.05) is 19.1 Å². The molecule has 0 amide bonds. The van der Waals surface area contributed by atoms with E-state index in [0.717, 1.165) is 38.0 Å². The van der Waals surface area contributed by atoms with Crippen molar-refractivity contribution in [3.63, 3.8) is 0 Å². The number of hydrogen-bond donors (Lipinski definition) is 2. The van der Waals surface area contributed by atoms with Crippen molar-refractivity contribution in [3.8, 4) is 0 Å². The Morgan fingerprint density at radius 2 is 1.87 bits per heavy atom. The minimum absolute atomic E-state index is 0.368. The predicted molar refractivity (Wildman–Crippen MR) is 93.8 cm³/mol. The molecule has 0 saturated carbocycles. The van der Waals surface area contributed by atoms with Crippen LogP contribution in [0.1, 0.15) is 32.3 Å². The highest BCUT2D eigenvalue weighted by Gasteiger charge is 2.21. The van der Waals surface area contributed by atoms with Gasteiger partial charge >= 0.3 is 0 Å². The van der Waals surface area contributed by atoms with Gasteiger partial charge in [0.05, 0.1) is 4.90 Å². The van der Waals surface area contributed by atoms with Crippen LogP contribution in [0.25, 0.3) is 0 Å². The van der Waals surface area contributed by atoms with Gasteiger partial charge in [0.2, 0.25) is 10.0 Å². The molecule has 2 rings (SSSR count). The molecule has 6 heteroatoms. The Balaban J connectivity index is 1.91. The minimum atomic E-state index is -3.40. The highest BCUT2D eigenvalue weighted by atomic mass is 32.2. The Morgan fingerprint density at radius 1 is 1.22 bits per heavy atom. The third-order valence-electron chi connectivity index (χ3n) is 4.32. The molecule has 1 heterocycles. The van der Waals surface area contributed by atoms with E-state index in [4.69, 9.17) is 0 Å². The summed E-state index contributed by atoms with van der Waals surface area (Å²) >= 11 is 0. The van der Waals surface area contributed by atoms with Gasteiger partial charge in [0.15, 0.2) is 0 Å². The van der Waals surface area contributed by atoms with Gasteiger partial charge in [-0.25, -0.2) is 13.1 Å². The molecule has 1 saturated heterocycles. The van der Waals surface area contributed by atoms with Gasteiger partial charge in [-0.05, 0) is 50.5 Å². The molecule has 23 heavy (non-hydrogen) atoms. The van der Waals surface area contributed by atoms with Crippen molar-refractivity contribution in [2.24, 2.45) is 5.92 Å². The van der Waals surface area contributed by atoms with Crippen molar-refractivity contribution >= 4 is 10.0 Å². The van der Waals surface area contributed by atoms with Gasteiger partial charge in [-0.15, -0.1) is 0 Å². The van der Waals surface area contributed by atoms with Crippen molar-refractivity contribution in [1.82, 2.24) is 14.9 Å². The van der Waals surface area contributed by atoms with E-state index in [1.165, 1.54) is 7.05 Å². The molecule has 0 radical (unpaired) electrons. The maximum Gasteiger partial charge on any atom is 0.240 e. The average Bonchev–Trinajstić information content (AvgIpc) is 2.54. The number of rotatable bonds is 7. The van der Waals surface area contributed by atoms with E-state index in [0.29, 0.717) is 23.4 Å². The fourth-order valence-electron chi connectivity index (χ4n) is 3.11. The lowest BCUT2D eigenvalue weighted by Gasteiger charge is -2.33. The average molecular weight is 340 g/mol. The Bertz CT molecular complexity index is 594. The standard InChI is InChI=1S/C17H29N3O2S/c1-14(2)13-20-10-8-16(9-11-20)19-12-15-6-4-5-7-17(15)23(21,22)18-3/h4-7,14,16,18-19H,8-13H2,1-3H3. The predicted octanol–water partition coefficient (Wildman–Crippen LogP) is 1.80. The highest BCUT2D eigenvalue weighted by Crippen LogP contribution is 2.17. The van der Waals surface area contributed by atoms with Crippen LogP contribution in [0.2, 0.25) is 0 Å². The topological polar surface area (TPSA) is 61.4 Å². The molecule has 0 aliphatic carbocycles. The van der Waals surface area contributed by atoms with E-state index in [1.54, 1.807) is 12.1 Å². The molecule has 1 aliphatic rings. The van der Waals surface area contributed by atoms with Gasteiger partial charge in [-0.3, -0.25) is 0 Å². The fraction of sp³-hybridized carbons (Fsp3) is 0.647. The zero-order valence-electron chi connectivity index (χ0n) is 14.4. The van der Waals surface area contributed by atoms with Gasteiger partial charge in [0.1, 0.15) is 0 Å². The number of nitrogens with one attached hydrogen (secondary N) is 2. The smallest absolute Gasteiger partial charge is 0.240 e. The van der Waals surface area contributed by atoms with E-state index >= 15 is 0 Å². The first kappa shape index (κ1) is 18.4. The third-order valence-corrected chi connectivity index (χ3v) is 5.84. The summed E-state index contributed by atoms with van der Waals surface area (Å²) in [4.78, 5) is 2.88. The first-order valence-electron chi connectivity index (χ1n) is 8.39. The molecule has 0 aromatic heterocycles. The van der Waals surface area contributed by atoms with Crippen molar-refractivity contribution in [2.45, 2.75) is 44.2 Å². The van der Waals surface area contributed by atoms with E-state index in [1.807, 2.05) is 12.1 Å². The third kappa shape index (κ3) is 5.28. The molecule has 130 valence electrons. The highest BCUT2D eigenvalue weighted by molar-refractivity contribution is 7.89. The van der Waals surface area contributed by atoms with E-state index in [2.05, 4.69) is 28.8 Å². The Kier molecular flexibility index (Phi) is 6.59. The van der Waals surface area contributed by atoms with Gasteiger partial charge in [-0.1, -0.05) is 32.0 Å². The molecule has 0 bridgehead atoms. The molecule has 2 N–H and O–H groups in total. The molecular formula is C17H29N3O2S. The number of nitrogens with zero attached hydrogens (tertiary/aromatic N) is 1. The second-order valence-corrected chi connectivity index (χ2v) is 8.52. The zero-order chi connectivity index (χ0) is 16.9. The number of piperidine rings is 1. The van der Waals surface area contributed by atoms with Crippen LogP contribution in [0.5, 0.6) is 0 Å². The molecule has 1 fully saturated rings. The van der Waals surface area contributed by atoms with Crippen LogP contribution in [0.15, 0.2) is 29.2 Å². The normalized spacial score (nSPS) is 17.7. The molecule has 1 aromatic carbocycles. The van der Waals surface area contributed by atoms with E-state index in [-0.39, 0.29) is 0 Å². The summed E-state index contributed by atoms with van der Waals surface area (Å²) in [7, 11) is -1.95. The van der Waals surface area contributed by atoms with Gasteiger partial charge in [-0.2, -0.15) is 0 Å². The van der Waals surface area contributed by atoms with Crippen molar-refractivity contribution in [2.75, 3.05) is 26.7 Å². The van der Waals surface area contributed by atoms with Crippen LogP contribution in [-0.4, -0.2) is 46.0 Å². The van der Waals surface area contributed by atoms with Crippen LogP contribution >= 0.6 is 0 Å². The Labute approximate surface area is 140 Å². The lowest BCUT2D eigenvalue weighted by atomic mass is 10.0. The molecular weight excluding hydrogens is 310 g/mol. The summed E-state index contributed by atoms with van der Waals surface area (Å²) < 4.78 is 26.5. The summed E-state index contributed by atoms with van der Waals surface area (Å²) in [6.45, 7) is 8.49. The fourth-order valence-corrected chi connectivity index (χ4v) is 4.08. The molecule has 0 unspecified atom stereocenters. The van der Waals surface area contributed by atoms with Gasteiger partial charge in [0.25, 0.3) is 0 Å². The second kappa shape index (κ2) is 8.24. The molecule has 1 aliphatic heterocycles. The summed E-state index contributed by atoms with van der Waals surface area (Å²) in [6, 6.07) is 7.65. The van der Waals surface area contributed by atoms with E-state index < -0.39 is 10.0 Å². The second-order valence-electron chi connectivity index (χ2n) is 6.66.